The van der Waals surface area contributed by atoms with Crippen LogP contribution in [0.4, 0.5) is 0 Å². The minimum atomic E-state index is -3.58. The zero-order valence-electron chi connectivity index (χ0n) is 13.7. The Labute approximate surface area is 138 Å². The third kappa shape index (κ3) is 4.76. The van der Waals surface area contributed by atoms with Crippen molar-refractivity contribution >= 4 is 15.9 Å². The lowest BCUT2D eigenvalue weighted by molar-refractivity contribution is 0.0796. The molecule has 1 aromatic rings. The van der Waals surface area contributed by atoms with Gasteiger partial charge in [0.2, 0.25) is 10.0 Å². The molecule has 2 N–H and O–H groups in total. The highest BCUT2D eigenvalue weighted by atomic mass is 32.2. The van der Waals surface area contributed by atoms with Crippen molar-refractivity contribution in [3.8, 4) is 0 Å². The number of hydrogen-bond acceptors (Lipinski definition) is 4. The van der Waals surface area contributed by atoms with Crippen LogP contribution in [0.1, 0.15) is 36.0 Å². The van der Waals surface area contributed by atoms with Crippen LogP contribution in [0.5, 0.6) is 0 Å². The third-order valence-electron chi connectivity index (χ3n) is 4.11. The largest absolute Gasteiger partial charge is 0.340 e. The van der Waals surface area contributed by atoms with Gasteiger partial charge in [-0.25, -0.2) is 13.1 Å². The quantitative estimate of drug-likeness (QED) is 0.782. The van der Waals surface area contributed by atoms with E-state index in [2.05, 4.69) is 10.0 Å². The van der Waals surface area contributed by atoms with Crippen molar-refractivity contribution in [1.82, 2.24) is 14.9 Å². The van der Waals surface area contributed by atoms with Gasteiger partial charge in [0.15, 0.2) is 0 Å². The van der Waals surface area contributed by atoms with Gasteiger partial charge in [-0.3, -0.25) is 4.79 Å². The number of nitrogens with zero attached hydrogens (tertiary/aromatic N) is 1. The summed E-state index contributed by atoms with van der Waals surface area (Å²) in [4.78, 5) is 14.1. The van der Waals surface area contributed by atoms with E-state index in [-0.39, 0.29) is 16.8 Å². The minimum Gasteiger partial charge on any atom is -0.340 e. The summed E-state index contributed by atoms with van der Waals surface area (Å²) in [5.41, 5.74) is 0.387. The lowest BCUT2D eigenvalue weighted by Crippen LogP contribution is -2.34. The van der Waals surface area contributed by atoms with Crippen LogP contribution in [0, 0.1) is 0 Å². The summed E-state index contributed by atoms with van der Waals surface area (Å²) in [6, 6.07) is 6.25. The summed E-state index contributed by atoms with van der Waals surface area (Å²) in [7, 11) is -0.0498. The molecule has 0 spiro atoms. The molecule has 0 aliphatic heterocycles. The summed E-state index contributed by atoms with van der Waals surface area (Å²) >= 11 is 0. The number of rotatable bonds is 7. The molecule has 0 unspecified atom stereocenters. The monoisotopic (exact) mass is 339 g/mol. The fourth-order valence-corrected chi connectivity index (χ4v) is 4.08. The Kier molecular flexibility index (Phi) is 6.15. The number of amides is 1. The first kappa shape index (κ1) is 17.9. The second-order valence-electron chi connectivity index (χ2n) is 5.96. The summed E-state index contributed by atoms with van der Waals surface area (Å²) in [5.74, 6) is -0.182. The van der Waals surface area contributed by atoms with Crippen molar-refractivity contribution in [2.24, 2.45) is 0 Å². The van der Waals surface area contributed by atoms with Gasteiger partial charge >= 0.3 is 0 Å². The highest BCUT2D eigenvalue weighted by Gasteiger charge is 2.23. The number of nitrogens with one attached hydrogen (secondary N) is 2. The zero-order chi connectivity index (χ0) is 16.9. The highest BCUT2D eigenvalue weighted by Crippen LogP contribution is 2.21. The van der Waals surface area contributed by atoms with Gasteiger partial charge in [0.25, 0.3) is 5.91 Å². The van der Waals surface area contributed by atoms with Gasteiger partial charge in [0.1, 0.15) is 0 Å². The van der Waals surface area contributed by atoms with E-state index in [1.165, 1.54) is 12.1 Å². The number of benzene rings is 1. The Balaban J connectivity index is 2.13. The van der Waals surface area contributed by atoms with Crippen LogP contribution in [0.25, 0.3) is 0 Å². The molecular weight excluding hydrogens is 314 g/mol. The molecule has 23 heavy (non-hydrogen) atoms. The number of sulfonamides is 1. The van der Waals surface area contributed by atoms with Crippen LogP contribution in [0.3, 0.4) is 0 Å². The second-order valence-corrected chi connectivity index (χ2v) is 7.67. The SMILES string of the molecule is CNCCN(C)C(=O)c1cccc(S(=O)(=O)NC2CCCC2)c1. The molecule has 1 aliphatic rings. The first-order valence-corrected chi connectivity index (χ1v) is 9.45. The first-order valence-electron chi connectivity index (χ1n) is 7.96. The molecule has 1 fully saturated rings. The van der Waals surface area contributed by atoms with E-state index >= 15 is 0 Å². The van der Waals surface area contributed by atoms with Crippen molar-refractivity contribution in [1.29, 1.82) is 0 Å². The maximum absolute atomic E-state index is 12.5. The summed E-state index contributed by atoms with van der Waals surface area (Å²) in [6.45, 7) is 1.25. The Morgan fingerprint density at radius 2 is 2.00 bits per heavy atom. The molecule has 0 aromatic heterocycles. The van der Waals surface area contributed by atoms with Crippen LogP contribution in [-0.2, 0) is 10.0 Å². The van der Waals surface area contributed by atoms with Crippen LogP contribution in [0.15, 0.2) is 29.2 Å². The molecule has 0 atom stereocenters. The maximum atomic E-state index is 12.5. The molecule has 1 aromatic carbocycles. The van der Waals surface area contributed by atoms with Crippen LogP contribution in [-0.4, -0.2) is 52.5 Å². The molecule has 0 saturated heterocycles. The molecule has 0 bridgehead atoms. The lowest BCUT2D eigenvalue weighted by Gasteiger charge is -2.18. The second kappa shape index (κ2) is 7.90. The summed E-state index contributed by atoms with van der Waals surface area (Å²) < 4.78 is 27.7. The van der Waals surface area contributed by atoms with Gasteiger partial charge in [-0.2, -0.15) is 0 Å². The predicted octanol–water partition coefficient (Wildman–Crippen LogP) is 1.20. The van der Waals surface area contributed by atoms with E-state index in [1.807, 2.05) is 7.05 Å². The van der Waals surface area contributed by atoms with Gasteiger partial charge in [0, 0.05) is 31.7 Å². The lowest BCUT2D eigenvalue weighted by atomic mass is 10.2. The van der Waals surface area contributed by atoms with Crippen LogP contribution < -0.4 is 10.0 Å². The molecule has 2 rings (SSSR count). The van der Waals surface area contributed by atoms with Gasteiger partial charge in [-0.1, -0.05) is 18.9 Å². The van der Waals surface area contributed by atoms with Gasteiger partial charge in [-0.15, -0.1) is 0 Å². The predicted molar refractivity (Wildman–Crippen MR) is 89.9 cm³/mol. The van der Waals surface area contributed by atoms with Crippen molar-refractivity contribution in [3.63, 3.8) is 0 Å². The Morgan fingerprint density at radius 3 is 2.65 bits per heavy atom. The van der Waals surface area contributed by atoms with Gasteiger partial charge in [-0.05, 0) is 38.1 Å². The van der Waals surface area contributed by atoms with Gasteiger partial charge in [0.05, 0.1) is 4.90 Å². The highest BCUT2D eigenvalue weighted by molar-refractivity contribution is 7.89. The zero-order valence-corrected chi connectivity index (χ0v) is 14.5. The fourth-order valence-electron chi connectivity index (χ4n) is 2.73. The van der Waals surface area contributed by atoms with Crippen molar-refractivity contribution in [2.45, 2.75) is 36.6 Å². The van der Waals surface area contributed by atoms with Gasteiger partial charge < -0.3 is 10.2 Å². The van der Waals surface area contributed by atoms with Crippen LogP contribution in [0.2, 0.25) is 0 Å². The Morgan fingerprint density at radius 1 is 1.30 bits per heavy atom. The number of carbonyl (C=O) groups is 1. The Hall–Kier alpha value is -1.44. The average Bonchev–Trinajstić information content (AvgIpc) is 3.04. The first-order chi connectivity index (χ1) is 10.9. The van der Waals surface area contributed by atoms with E-state index in [0.717, 1.165) is 25.7 Å². The van der Waals surface area contributed by atoms with E-state index < -0.39 is 10.0 Å². The summed E-state index contributed by atoms with van der Waals surface area (Å²) in [5, 5.41) is 2.98. The molecule has 128 valence electrons. The molecule has 7 heteroatoms. The number of hydrogen-bond donors (Lipinski definition) is 2. The maximum Gasteiger partial charge on any atom is 0.253 e. The van der Waals surface area contributed by atoms with Crippen molar-refractivity contribution in [3.05, 3.63) is 29.8 Å². The molecule has 1 amide bonds. The van der Waals surface area contributed by atoms with E-state index in [4.69, 9.17) is 0 Å². The van der Waals surface area contributed by atoms with Crippen LogP contribution >= 0.6 is 0 Å². The summed E-state index contributed by atoms with van der Waals surface area (Å²) in [6.07, 6.45) is 3.87. The fraction of sp³-hybridized carbons (Fsp3) is 0.562. The van der Waals surface area contributed by atoms with E-state index in [1.54, 1.807) is 24.1 Å². The van der Waals surface area contributed by atoms with E-state index in [0.29, 0.717) is 18.7 Å². The smallest absolute Gasteiger partial charge is 0.253 e. The average molecular weight is 339 g/mol. The number of likely N-dealkylation sites (N-methyl/N-ethyl adjacent to an activating group) is 2. The third-order valence-corrected chi connectivity index (χ3v) is 5.63. The van der Waals surface area contributed by atoms with Crippen molar-refractivity contribution < 1.29 is 13.2 Å². The molecule has 0 radical (unpaired) electrons. The van der Waals surface area contributed by atoms with E-state index in [9.17, 15) is 13.2 Å². The Bertz CT molecular complexity index is 640. The molecule has 1 aliphatic carbocycles. The molecule has 1 saturated carbocycles. The molecule has 0 heterocycles. The minimum absolute atomic E-state index is 0.0117. The standard InChI is InChI=1S/C16H25N3O3S/c1-17-10-11-19(2)16(20)13-6-5-9-15(12-13)23(21,22)18-14-7-3-4-8-14/h5-6,9,12,14,17-18H,3-4,7-8,10-11H2,1-2H3. The molecule has 6 nitrogen and oxygen atoms in total. The van der Waals surface area contributed by atoms with Crippen molar-refractivity contribution in [2.75, 3.05) is 27.2 Å². The normalized spacial score (nSPS) is 15.7. The topological polar surface area (TPSA) is 78.5 Å². The number of carbonyl (C=O) groups excluding carboxylic acids is 1. The molecular formula is C16H25N3O3S.